The normalized spacial score (nSPS) is 11.7. The lowest BCUT2D eigenvalue weighted by Crippen LogP contribution is -2.09. The van der Waals surface area contributed by atoms with E-state index in [0.717, 1.165) is 18.4 Å². The zero-order valence-electron chi connectivity index (χ0n) is 8.56. The van der Waals surface area contributed by atoms with Crippen molar-refractivity contribution >= 4 is 11.6 Å². The van der Waals surface area contributed by atoms with E-state index in [1.165, 1.54) is 6.07 Å². The molecule has 0 spiro atoms. The number of hydrogen-bond donors (Lipinski definition) is 1. The van der Waals surface area contributed by atoms with E-state index < -0.39 is 5.82 Å². The van der Waals surface area contributed by atoms with Gasteiger partial charge in [0.1, 0.15) is 5.82 Å². The Morgan fingerprint density at radius 2 is 2.27 bits per heavy atom. The van der Waals surface area contributed by atoms with Crippen LogP contribution in [0.15, 0.2) is 18.2 Å². The molecule has 0 amide bonds. The van der Waals surface area contributed by atoms with Crippen molar-refractivity contribution in [3.05, 3.63) is 34.6 Å². The summed E-state index contributed by atoms with van der Waals surface area (Å²) in [5.74, 6) is 5.33. The number of benzene rings is 1. The summed E-state index contributed by atoms with van der Waals surface area (Å²) < 4.78 is 12.9. The van der Waals surface area contributed by atoms with Crippen molar-refractivity contribution in [3.8, 4) is 11.8 Å². The average molecular weight is 226 g/mol. The lowest BCUT2D eigenvalue weighted by Gasteiger charge is -2.10. The second-order valence-corrected chi connectivity index (χ2v) is 3.65. The smallest absolute Gasteiger partial charge is 0.141 e. The molecule has 0 fully saturated rings. The summed E-state index contributed by atoms with van der Waals surface area (Å²) in [5, 5.41) is 0.115. The minimum atomic E-state index is -0.416. The predicted molar refractivity (Wildman–Crippen MR) is 61.0 cm³/mol. The van der Waals surface area contributed by atoms with Crippen molar-refractivity contribution in [3.63, 3.8) is 0 Å². The molecule has 80 valence electrons. The zero-order chi connectivity index (χ0) is 11.3. The SMILES string of the molecule is CC#CCCC(N)c1ccc(F)c(Cl)c1. The second kappa shape index (κ2) is 5.75. The second-order valence-electron chi connectivity index (χ2n) is 3.25. The Morgan fingerprint density at radius 3 is 2.87 bits per heavy atom. The highest BCUT2D eigenvalue weighted by Crippen LogP contribution is 2.21. The van der Waals surface area contributed by atoms with Crippen molar-refractivity contribution in [2.45, 2.75) is 25.8 Å². The van der Waals surface area contributed by atoms with E-state index in [-0.39, 0.29) is 11.1 Å². The van der Waals surface area contributed by atoms with E-state index in [4.69, 9.17) is 17.3 Å². The summed E-state index contributed by atoms with van der Waals surface area (Å²) >= 11 is 5.66. The highest BCUT2D eigenvalue weighted by molar-refractivity contribution is 6.30. The van der Waals surface area contributed by atoms with E-state index in [0.29, 0.717) is 0 Å². The third-order valence-electron chi connectivity index (χ3n) is 2.13. The van der Waals surface area contributed by atoms with Gasteiger partial charge < -0.3 is 5.73 Å². The lowest BCUT2D eigenvalue weighted by molar-refractivity contribution is 0.622. The molecule has 1 aromatic rings. The first-order chi connectivity index (χ1) is 7.15. The molecule has 0 radical (unpaired) electrons. The maximum Gasteiger partial charge on any atom is 0.141 e. The summed E-state index contributed by atoms with van der Waals surface area (Å²) in [6.45, 7) is 1.79. The Morgan fingerprint density at radius 1 is 1.53 bits per heavy atom. The van der Waals surface area contributed by atoms with Crippen LogP contribution in [0.4, 0.5) is 4.39 Å². The van der Waals surface area contributed by atoms with Gasteiger partial charge in [-0.05, 0) is 31.0 Å². The van der Waals surface area contributed by atoms with Crippen LogP contribution in [-0.2, 0) is 0 Å². The molecule has 2 N–H and O–H groups in total. The first-order valence-corrected chi connectivity index (χ1v) is 5.13. The molecule has 0 bridgehead atoms. The third-order valence-corrected chi connectivity index (χ3v) is 2.42. The average Bonchev–Trinajstić information content (AvgIpc) is 2.22. The van der Waals surface area contributed by atoms with Gasteiger partial charge >= 0.3 is 0 Å². The largest absolute Gasteiger partial charge is 0.324 e. The topological polar surface area (TPSA) is 26.0 Å². The minimum absolute atomic E-state index is 0.115. The van der Waals surface area contributed by atoms with Crippen LogP contribution in [0.5, 0.6) is 0 Å². The van der Waals surface area contributed by atoms with Crippen LogP contribution in [0, 0.1) is 17.7 Å². The Bertz CT molecular complexity index is 392. The van der Waals surface area contributed by atoms with Crippen LogP contribution in [0.3, 0.4) is 0 Å². The van der Waals surface area contributed by atoms with Crippen molar-refractivity contribution in [2.24, 2.45) is 5.73 Å². The first kappa shape index (κ1) is 12.0. The van der Waals surface area contributed by atoms with Crippen molar-refractivity contribution in [1.29, 1.82) is 0 Å². The standard InChI is InChI=1S/C12H13ClFN/c1-2-3-4-5-12(15)9-6-7-11(14)10(13)8-9/h6-8,12H,4-5,15H2,1H3. The highest BCUT2D eigenvalue weighted by Gasteiger charge is 2.07. The van der Waals surface area contributed by atoms with Crippen molar-refractivity contribution in [2.75, 3.05) is 0 Å². The first-order valence-electron chi connectivity index (χ1n) is 4.75. The van der Waals surface area contributed by atoms with Gasteiger partial charge in [-0.3, -0.25) is 0 Å². The molecule has 1 aromatic carbocycles. The Labute approximate surface area is 94.4 Å². The molecule has 1 unspecified atom stereocenters. The maximum absolute atomic E-state index is 12.9. The van der Waals surface area contributed by atoms with E-state index in [1.807, 2.05) is 0 Å². The fraction of sp³-hybridized carbons (Fsp3) is 0.333. The molecule has 1 rings (SSSR count). The summed E-state index contributed by atoms with van der Waals surface area (Å²) in [5.41, 5.74) is 6.75. The Balaban J connectivity index is 2.68. The van der Waals surface area contributed by atoms with Crippen LogP contribution in [0.2, 0.25) is 5.02 Å². The minimum Gasteiger partial charge on any atom is -0.324 e. The van der Waals surface area contributed by atoms with Gasteiger partial charge in [0.15, 0.2) is 0 Å². The molecule has 0 aliphatic carbocycles. The van der Waals surface area contributed by atoms with Gasteiger partial charge in [-0.1, -0.05) is 17.7 Å². The molecule has 0 saturated carbocycles. The summed E-state index contributed by atoms with van der Waals surface area (Å²) in [4.78, 5) is 0. The van der Waals surface area contributed by atoms with E-state index in [1.54, 1.807) is 19.1 Å². The Hall–Kier alpha value is -1.04. The van der Waals surface area contributed by atoms with Crippen molar-refractivity contribution in [1.82, 2.24) is 0 Å². The van der Waals surface area contributed by atoms with Gasteiger partial charge in [-0.2, -0.15) is 0 Å². The van der Waals surface area contributed by atoms with Gasteiger partial charge in [-0.25, -0.2) is 4.39 Å². The summed E-state index contributed by atoms with van der Waals surface area (Å²) in [6.07, 6.45) is 1.50. The number of rotatable bonds is 3. The van der Waals surface area contributed by atoms with Gasteiger partial charge in [0.2, 0.25) is 0 Å². The molecule has 3 heteroatoms. The molecule has 0 aromatic heterocycles. The Kier molecular flexibility index (Phi) is 4.61. The number of nitrogens with two attached hydrogens (primary N) is 1. The van der Waals surface area contributed by atoms with E-state index in [9.17, 15) is 4.39 Å². The van der Waals surface area contributed by atoms with Crippen LogP contribution < -0.4 is 5.73 Å². The molecule has 0 aliphatic heterocycles. The van der Waals surface area contributed by atoms with Crippen LogP contribution in [0.25, 0.3) is 0 Å². The number of hydrogen-bond acceptors (Lipinski definition) is 1. The van der Waals surface area contributed by atoms with Crippen LogP contribution in [0.1, 0.15) is 31.4 Å². The highest BCUT2D eigenvalue weighted by atomic mass is 35.5. The molecule has 0 aliphatic rings. The van der Waals surface area contributed by atoms with Crippen LogP contribution >= 0.6 is 11.6 Å². The van der Waals surface area contributed by atoms with E-state index >= 15 is 0 Å². The molecular formula is C12H13ClFN. The molecule has 1 atom stereocenters. The van der Waals surface area contributed by atoms with Gasteiger partial charge in [-0.15, -0.1) is 11.8 Å². The molecule has 1 nitrogen and oxygen atoms in total. The summed E-state index contributed by atoms with van der Waals surface area (Å²) in [7, 11) is 0. The quantitative estimate of drug-likeness (QED) is 0.785. The summed E-state index contributed by atoms with van der Waals surface area (Å²) in [6, 6.07) is 4.43. The van der Waals surface area contributed by atoms with E-state index in [2.05, 4.69) is 11.8 Å². The molecular weight excluding hydrogens is 213 g/mol. The van der Waals surface area contributed by atoms with Crippen LogP contribution in [-0.4, -0.2) is 0 Å². The zero-order valence-corrected chi connectivity index (χ0v) is 9.31. The molecule has 0 saturated heterocycles. The van der Waals surface area contributed by atoms with Crippen molar-refractivity contribution < 1.29 is 4.39 Å². The lowest BCUT2D eigenvalue weighted by atomic mass is 10.0. The fourth-order valence-electron chi connectivity index (χ4n) is 1.26. The van der Waals surface area contributed by atoms with Gasteiger partial charge in [0.05, 0.1) is 5.02 Å². The maximum atomic E-state index is 12.9. The molecule has 0 heterocycles. The fourth-order valence-corrected chi connectivity index (χ4v) is 1.45. The predicted octanol–water partition coefficient (Wildman–Crippen LogP) is 3.28. The van der Waals surface area contributed by atoms with Gasteiger partial charge in [0, 0.05) is 12.5 Å². The monoisotopic (exact) mass is 225 g/mol. The molecule has 15 heavy (non-hydrogen) atoms. The number of halogens is 2. The third kappa shape index (κ3) is 3.54. The van der Waals surface area contributed by atoms with Gasteiger partial charge in [0.25, 0.3) is 0 Å².